The van der Waals surface area contributed by atoms with Crippen molar-refractivity contribution < 1.29 is 13.9 Å². The van der Waals surface area contributed by atoms with Crippen LogP contribution in [-0.4, -0.2) is 31.6 Å². The van der Waals surface area contributed by atoms with Gasteiger partial charge in [-0.05, 0) is 18.6 Å². The predicted molar refractivity (Wildman–Crippen MR) is 68.5 cm³/mol. The van der Waals surface area contributed by atoms with Crippen molar-refractivity contribution in [3.05, 3.63) is 47.4 Å². The van der Waals surface area contributed by atoms with E-state index in [1.54, 1.807) is 50.3 Å². The Balaban J connectivity index is 2.93. The van der Waals surface area contributed by atoms with Crippen molar-refractivity contribution in [1.29, 1.82) is 0 Å². The summed E-state index contributed by atoms with van der Waals surface area (Å²) in [6.45, 7) is 2.05. The molecule has 0 saturated heterocycles. The average molecular weight is 251 g/mol. The molecule has 0 N–H and O–H groups in total. The minimum atomic E-state index is -0.408. The highest BCUT2D eigenvalue weighted by molar-refractivity contribution is 5.88. The van der Waals surface area contributed by atoms with Crippen molar-refractivity contribution in [2.45, 2.75) is 13.3 Å². The second-order valence-corrected chi connectivity index (χ2v) is 4.11. The number of nitrogens with zero attached hydrogens (tertiary/aromatic N) is 1. The Labute approximate surface area is 107 Å². The number of ether oxygens (including phenoxy) is 1. The first-order valence-corrected chi connectivity index (χ1v) is 5.82. The molecule has 0 atom stereocenters. The van der Waals surface area contributed by atoms with E-state index in [1.807, 2.05) is 0 Å². The van der Waals surface area contributed by atoms with E-state index < -0.39 is 5.97 Å². The number of esters is 1. The molecule has 18 heavy (non-hydrogen) atoms. The number of benzene rings is 1. The molecule has 0 saturated carbocycles. The van der Waals surface area contributed by atoms with Crippen LogP contribution in [0.1, 0.15) is 12.5 Å². The number of carbonyl (C=O) groups excluding carboxylic acids is 1. The average Bonchev–Trinajstić information content (AvgIpc) is 2.31. The van der Waals surface area contributed by atoms with Crippen molar-refractivity contribution in [2.75, 3.05) is 20.7 Å². The number of halogens is 1. The van der Waals surface area contributed by atoms with E-state index in [0.29, 0.717) is 17.7 Å². The van der Waals surface area contributed by atoms with E-state index in [4.69, 9.17) is 4.74 Å². The lowest BCUT2D eigenvalue weighted by Crippen LogP contribution is -2.14. The number of carbonyl (C=O) groups is 1. The first-order valence-electron chi connectivity index (χ1n) is 5.82. The number of hydrogen-bond donors (Lipinski definition) is 0. The highest BCUT2D eigenvalue weighted by Gasteiger charge is 2.13. The van der Waals surface area contributed by atoms with Crippen LogP contribution >= 0.6 is 0 Å². The Morgan fingerprint density at radius 1 is 1.39 bits per heavy atom. The predicted octanol–water partition coefficient (Wildman–Crippen LogP) is 2.38. The van der Waals surface area contributed by atoms with E-state index in [0.717, 1.165) is 0 Å². The van der Waals surface area contributed by atoms with Crippen LogP contribution in [0.4, 0.5) is 4.39 Å². The van der Waals surface area contributed by atoms with Gasteiger partial charge in [0, 0.05) is 26.7 Å². The fourth-order valence-electron chi connectivity index (χ4n) is 1.55. The van der Waals surface area contributed by atoms with Gasteiger partial charge < -0.3 is 9.64 Å². The Morgan fingerprint density at radius 3 is 2.61 bits per heavy atom. The third kappa shape index (κ3) is 4.20. The summed E-state index contributed by atoms with van der Waals surface area (Å²) in [5.74, 6) is -0.721. The Hall–Kier alpha value is -1.84. The molecular weight excluding hydrogens is 233 g/mol. The van der Waals surface area contributed by atoms with Gasteiger partial charge in [-0.1, -0.05) is 18.2 Å². The van der Waals surface area contributed by atoms with E-state index in [-0.39, 0.29) is 12.2 Å². The van der Waals surface area contributed by atoms with Crippen LogP contribution in [0.15, 0.2) is 36.0 Å². The lowest BCUT2D eigenvalue weighted by Gasteiger charge is -2.11. The molecule has 0 aliphatic carbocycles. The SMILES string of the molecule is CCOC(=O)C(=CN(C)C)Cc1ccccc1F. The monoisotopic (exact) mass is 251 g/mol. The van der Waals surface area contributed by atoms with Crippen LogP contribution in [0.5, 0.6) is 0 Å². The van der Waals surface area contributed by atoms with Gasteiger partial charge in [0.1, 0.15) is 5.82 Å². The van der Waals surface area contributed by atoms with Crippen molar-refractivity contribution in [3.63, 3.8) is 0 Å². The second kappa shape index (κ2) is 6.79. The summed E-state index contributed by atoms with van der Waals surface area (Å²) in [5.41, 5.74) is 0.922. The highest BCUT2D eigenvalue weighted by atomic mass is 19.1. The Morgan fingerprint density at radius 2 is 2.06 bits per heavy atom. The summed E-state index contributed by atoms with van der Waals surface area (Å²) in [7, 11) is 3.61. The topological polar surface area (TPSA) is 29.5 Å². The maximum absolute atomic E-state index is 13.5. The third-order valence-electron chi connectivity index (χ3n) is 2.29. The lowest BCUT2D eigenvalue weighted by atomic mass is 10.1. The van der Waals surface area contributed by atoms with Gasteiger partial charge in [-0.15, -0.1) is 0 Å². The van der Waals surface area contributed by atoms with Crippen LogP contribution in [0.2, 0.25) is 0 Å². The van der Waals surface area contributed by atoms with Gasteiger partial charge in [-0.25, -0.2) is 9.18 Å². The third-order valence-corrected chi connectivity index (χ3v) is 2.29. The first-order chi connectivity index (χ1) is 8.54. The summed E-state index contributed by atoms with van der Waals surface area (Å²) in [5, 5.41) is 0. The summed E-state index contributed by atoms with van der Waals surface area (Å²) < 4.78 is 18.5. The van der Waals surface area contributed by atoms with Crippen LogP contribution in [0.3, 0.4) is 0 Å². The molecule has 0 amide bonds. The first kappa shape index (κ1) is 14.2. The molecular formula is C14H18FNO2. The molecule has 3 nitrogen and oxygen atoms in total. The lowest BCUT2D eigenvalue weighted by molar-refractivity contribution is -0.138. The van der Waals surface area contributed by atoms with Crippen LogP contribution < -0.4 is 0 Å². The quantitative estimate of drug-likeness (QED) is 0.594. The van der Waals surface area contributed by atoms with Crippen LogP contribution in [0.25, 0.3) is 0 Å². The molecule has 4 heteroatoms. The van der Waals surface area contributed by atoms with E-state index in [2.05, 4.69) is 0 Å². The second-order valence-electron chi connectivity index (χ2n) is 4.11. The molecule has 0 aromatic heterocycles. The molecule has 0 fully saturated rings. The summed E-state index contributed by atoms with van der Waals surface area (Å²) in [6.07, 6.45) is 1.88. The number of hydrogen-bond acceptors (Lipinski definition) is 3. The largest absolute Gasteiger partial charge is 0.463 e. The fourth-order valence-corrected chi connectivity index (χ4v) is 1.55. The number of rotatable bonds is 5. The van der Waals surface area contributed by atoms with Gasteiger partial charge in [0.2, 0.25) is 0 Å². The molecule has 0 bridgehead atoms. The minimum Gasteiger partial charge on any atom is -0.463 e. The van der Waals surface area contributed by atoms with E-state index in [1.165, 1.54) is 6.07 Å². The summed E-state index contributed by atoms with van der Waals surface area (Å²) in [6, 6.07) is 6.42. The van der Waals surface area contributed by atoms with Gasteiger partial charge in [-0.3, -0.25) is 0 Å². The smallest absolute Gasteiger partial charge is 0.335 e. The molecule has 0 unspecified atom stereocenters. The van der Waals surface area contributed by atoms with Crippen molar-refractivity contribution in [1.82, 2.24) is 4.90 Å². The highest BCUT2D eigenvalue weighted by Crippen LogP contribution is 2.13. The molecule has 1 aromatic rings. The Kier molecular flexibility index (Phi) is 5.36. The molecule has 0 spiro atoms. The molecule has 98 valence electrons. The van der Waals surface area contributed by atoms with Crippen molar-refractivity contribution in [3.8, 4) is 0 Å². The Bertz CT molecular complexity index is 441. The summed E-state index contributed by atoms with van der Waals surface area (Å²) in [4.78, 5) is 13.5. The maximum atomic E-state index is 13.5. The minimum absolute atomic E-state index is 0.226. The van der Waals surface area contributed by atoms with E-state index >= 15 is 0 Å². The normalized spacial score (nSPS) is 11.2. The standard InChI is InChI=1S/C14H18FNO2/c1-4-18-14(17)12(10-16(2)3)9-11-7-5-6-8-13(11)15/h5-8,10H,4,9H2,1-3H3. The molecule has 0 radical (unpaired) electrons. The van der Waals surface area contributed by atoms with Gasteiger partial charge in [0.05, 0.1) is 12.2 Å². The van der Waals surface area contributed by atoms with Crippen LogP contribution in [0, 0.1) is 5.82 Å². The maximum Gasteiger partial charge on any atom is 0.335 e. The molecule has 0 heterocycles. The van der Waals surface area contributed by atoms with Gasteiger partial charge in [0.25, 0.3) is 0 Å². The zero-order valence-corrected chi connectivity index (χ0v) is 10.9. The molecule has 1 rings (SSSR count). The van der Waals surface area contributed by atoms with Crippen molar-refractivity contribution in [2.24, 2.45) is 0 Å². The zero-order valence-electron chi connectivity index (χ0n) is 10.9. The molecule has 0 aliphatic heterocycles. The zero-order chi connectivity index (χ0) is 13.5. The van der Waals surface area contributed by atoms with Crippen molar-refractivity contribution >= 4 is 5.97 Å². The summed E-state index contributed by atoms with van der Waals surface area (Å²) >= 11 is 0. The van der Waals surface area contributed by atoms with Gasteiger partial charge >= 0.3 is 5.97 Å². The molecule has 0 aliphatic rings. The fraction of sp³-hybridized carbons (Fsp3) is 0.357. The molecule has 1 aromatic carbocycles. The van der Waals surface area contributed by atoms with Gasteiger partial charge in [-0.2, -0.15) is 0 Å². The van der Waals surface area contributed by atoms with Gasteiger partial charge in [0.15, 0.2) is 0 Å². The van der Waals surface area contributed by atoms with E-state index in [9.17, 15) is 9.18 Å². The van der Waals surface area contributed by atoms with Crippen LogP contribution in [-0.2, 0) is 16.0 Å².